The largest absolute Gasteiger partial charge is 0.496 e. The van der Waals surface area contributed by atoms with E-state index in [4.69, 9.17) is 4.74 Å². The minimum atomic E-state index is -0.137. The van der Waals surface area contributed by atoms with Gasteiger partial charge in [-0.15, -0.1) is 0 Å². The number of carbonyl (C=O) groups is 1. The third kappa shape index (κ3) is 3.99. The van der Waals surface area contributed by atoms with Crippen LogP contribution in [0.5, 0.6) is 5.75 Å². The predicted molar refractivity (Wildman–Crippen MR) is 80.3 cm³/mol. The van der Waals surface area contributed by atoms with Crippen LogP contribution in [-0.4, -0.2) is 17.8 Å². The van der Waals surface area contributed by atoms with Gasteiger partial charge in [0.1, 0.15) is 5.75 Å². The summed E-state index contributed by atoms with van der Waals surface area (Å²) >= 11 is 6.78. The number of amides is 1. The summed E-state index contributed by atoms with van der Waals surface area (Å²) in [5.41, 5.74) is 1.03. The lowest BCUT2D eigenvalue weighted by Gasteiger charge is -2.17. The number of carbonyl (C=O) groups excluding carboxylic acids is 1. The molecular formula is C13H17Br2NO2. The fraction of sp³-hybridized carbons (Fsp3) is 0.462. The smallest absolute Gasteiger partial charge is 0.234 e. The van der Waals surface area contributed by atoms with E-state index in [0.717, 1.165) is 22.2 Å². The zero-order valence-electron chi connectivity index (χ0n) is 10.7. The van der Waals surface area contributed by atoms with Gasteiger partial charge in [0, 0.05) is 0 Å². The second-order valence-corrected chi connectivity index (χ2v) is 5.96. The van der Waals surface area contributed by atoms with E-state index in [0.29, 0.717) is 0 Å². The molecule has 1 aromatic rings. The summed E-state index contributed by atoms with van der Waals surface area (Å²) in [6.45, 7) is 3.93. The Morgan fingerprint density at radius 3 is 2.67 bits per heavy atom. The van der Waals surface area contributed by atoms with Crippen molar-refractivity contribution in [2.45, 2.75) is 31.1 Å². The number of benzene rings is 1. The number of alkyl halides is 1. The molecule has 0 heterocycles. The second-order valence-electron chi connectivity index (χ2n) is 4.00. The lowest BCUT2D eigenvalue weighted by atomic mass is 10.1. The highest BCUT2D eigenvalue weighted by Gasteiger charge is 2.16. The maximum Gasteiger partial charge on any atom is 0.234 e. The summed E-state index contributed by atoms with van der Waals surface area (Å²) in [5.74, 6) is 0.793. The summed E-state index contributed by atoms with van der Waals surface area (Å²) < 4.78 is 6.06. The number of halogens is 2. The molecular weight excluding hydrogens is 362 g/mol. The van der Waals surface area contributed by atoms with Crippen molar-refractivity contribution in [3.63, 3.8) is 0 Å². The zero-order valence-corrected chi connectivity index (χ0v) is 13.8. The summed E-state index contributed by atoms with van der Waals surface area (Å²) in [6.07, 6.45) is 0.769. The molecule has 0 fully saturated rings. The first kappa shape index (κ1) is 15.5. The Hall–Kier alpha value is -0.550. The van der Waals surface area contributed by atoms with Gasteiger partial charge in [0.2, 0.25) is 5.91 Å². The van der Waals surface area contributed by atoms with Crippen LogP contribution in [0.1, 0.15) is 31.9 Å². The highest BCUT2D eigenvalue weighted by Crippen LogP contribution is 2.28. The predicted octanol–water partition coefficient (Wildman–Crippen LogP) is 3.81. The molecule has 1 rings (SSSR count). The van der Waals surface area contributed by atoms with Crippen molar-refractivity contribution in [1.82, 2.24) is 5.32 Å². The molecule has 0 saturated heterocycles. The van der Waals surface area contributed by atoms with Gasteiger partial charge in [-0.1, -0.05) is 28.9 Å². The summed E-state index contributed by atoms with van der Waals surface area (Å²) in [5, 5.41) is 2.96. The monoisotopic (exact) mass is 377 g/mol. The summed E-state index contributed by atoms with van der Waals surface area (Å²) in [7, 11) is 1.63. The van der Waals surface area contributed by atoms with Crippen molar-refractivity contribution in [3.05, 3.63) is 28.2 Å². The molecule has 2 unspecified atom stereocenters. The molecule has 0 spiro atoms. The highest BCUT2D eigenvalue weighted by atomic mass is 79.9. The molecule has 0 aliphatic carbocycles. The van der Waals surface area contributed by atoms with Crippen LogP contribution in [0, 0.1) is 0 Å². The fourth-order valence-corrected chi connectivity index (χ4v) is 2.22. The topological polar surface area (TPSA) is 38.3 Å². The standard InChI is InChI=1S/C13H17Br2NO2/c1-4-10(14)13(17)16-8(2)9-5-6-12(18-3)11(15)7-9/h5-8,10H,4H2,1-3H3,(H,16,17). The first-order valence-electron chi connectivity index (χ1n) is 5.77. The Balaban J connectivity index is 2.75. The highest BCUT2D eigenvalue weighted by molar-refractivity contribution is 9.10. The molecule has 3 nitrogen and oxygen atoms in total. The number of methoxy groups -OCH3 is 1. The van der Waals surface area contributed by atoms with Gasteiger partial charge >= 0.3 is 0 Å². The van der Waals surface area contributed by atoms with E-state index in [2.05, 4.69) is 37.2 Å². The number of rotatable bonds is 5. The number of nitrogens with one attached hydrogen (secondary N) is 1. The molecule has 0 aliphatic heterocycles. The Morgan fingerprint density at radius 2 is 2.17 bits per heavy atom. The Bertz CT molecular complexity index is 423. The molecule has 0 saturated carbocycles. The Kier molecular flexibility index (Phi) is 6.15. The lowest BCUT2D eigenvalue weighted by Crippen LogP contribution is -2.32. The zero-order chi connectivity index (χ0) is 13.7. The normalized spacial score (nSPS) is 13.8. The Labute approximate surface area is 125 Å². The minimum absolute atomic E-state index is 0.0111. The molecule has 1 N–H and O–H groups in total. The molecule has 18 heavy (non-hydrogen) atoms. The van der Waals surface area contributed by atoms with Crippen LogP contribution >= 0.6 is 31.9 Å². The molecule has 0 radical (unpaired) electrons. The Morgan fingerprint density at radius 1 is 1.50 bits per heavy atom. The fourth-order valence-electron chi connectivity index (χ4n) is 1.52. The first-order chi connectivity index (χ1) is 8.49. The van der Waals surface area contributed by atoms with Crippen LogP contribution in [-0.2, 0) is 4.79 Å². The molecule has 0 aromatic heterocycles. The van der Waals surface area contributed by atoms with Crippen LogP contribution in [0.25, 0.3) is 0 Å². The van der Waals surface area contributed by atoms with Gasteiger partial charge in [-0.25, -0.2) is 0 Å². The van der Waals surface area contributed by atoms with Gasteiger partial charge in [-0.2, -0.15) is 0 Å². The van der Waals surface area contributed by atoms with E-state index in [1.165, 1.54) is 0 Å². The van der Waals surface area contributed by atoms with Crippen molar-refractivity contribution >= 4 is 37.8 Å². The van der Waals surface area contributed by atoms with Crippen molar-refractivity contribution in [2.24, 2.45) is 0 Å². The first-order valence-corrected chi connectivity index (χ1v) is 7.48. The van der Waals surface area contributed by atoms with Crippen molar-refractivity contribution < 1.29 is 9.53 Å². The third-order valence-corrected chi connectivity index (χ3v) is 4.36. The number of hydrogen-bond donors (Lipinski definition) is 1. The maximum absolute atomic E-state index is 11.8. The lowest BCUT2D eigenvalue weighted by molar-refractivity contribution is -0.121. The van der Waals surface area contributed by atoms with E-state index >= 15 is 0 Å². The quantitative estimate of drug-likeness (QED) is 0.791. The average molecular weight is 379 g/mol. The molecule has 2 atom stereocenters. The van der Waals surface area contributed by atoms with Crippen LogP contribution < -0.4 is 10.1 Å². The number of ether oxygens (including phenoxy) is 1. The van der Waals surface area contributed by atoms with E-state index < -0.39 is 0 Å². The van der Waals surface area contributed by atoms with Gasteiger partial charge in [-0.05, 0) is 47.0 Å². The van der Waals surface area contributed by atoms with E-state index in [1.54, 1.807) is 7.11 Å². The molecule has 100 valence electrons. The molecule has 0 aliphatic rings. The van der Waals surface area contributed by atoms with Gasteiger partial charge in [0.15, 0.2) is 0 Å². The van der Waals surface area contributed by atoms with Crippen molar-refractivity contribution in [3.8, 4) is 5.75 Å². The summed E-state index contributed by atoms with van der Waals surface area (Å²) in [6, 6.07) is 5.75. The summed E-state index contributed by atoms with van der Waals surface area (Å²) in [4.78, 5) is 11.6. The van der Waals surface area contributed by atoms with Crippen LogP contribution in [0.2, 0.25) is 0 Å². The minimum Gasteiger partial charge on any atom is -0.496 e. The maximum atomic E-state index is 11.8. The van der Waals surface area contributed by atoms with Crippen LogP contribution in [0.15, 0.2) is 22.7 Å². The second kappa shape index (κ2) is 7.14. The van der Waals surface area contributed by atoms with E-state index in [1.807, 2.05) is 32.0 Å². The van der Waals surface area contributed by atoms with Crippen molar-refractivity contribution in [1.29, 1.82) is 0 Å². The van der Waals surface area contributed by atoms with Gasteiger partial charge in [0.25, 0.3) is 0 Å². The van der Waals surface area contributed by atoms with Gasteiger partial charge < -0.3 is 10.1 Å². The van der Waals surface area contributed by atoms with Crippen LogP contribution in [0.4, 0.5) is 0 Å². The van der Waals surface area contributed by atoms with Gasteiger partial charge in [-0.3, -0.25) is 4.79 Å². The SMILES string of the molecule is CCC(Br)C(=O)NC(C)c1ccc(OC)c(Br)c1. The van der Waals surface area contributed by atoms with Gasteiger partial charge in [0.05, 0.1) is 22.5 Å². The molecule has 5 heteroatoms. The molecule has 1 amide bonds. The van der Waals surface area contributed by atoms with Crippen molar-refractivity contribution in [2.75, 3.05) is 7.11 Å². The van der Waals surface area contributed by atoms with E-state index in [-0.39, 0.29) is 16.8 Å². The number of hydrogen-bond acceptors (Lipinski definition) is 2. The van der Waals surface area contributed by atoms with Crippen LogP contribution in [0.3, 0.4) is 0 Å². The average Bonchev–Trinajstić information content (AvgIpc) is 2.37. The molecule has 1 aromatic carbocycles. The van der Waals surface area contributed by atoms with E-state index in [9.17, 15) is 4.79 Å². The third-order valence-electron chi connectivity index (χ3n) is 2.68. The molecule has 0 bridgehead atoms.